The molecule has 0 N–H and O–H groups in total. The first-order valence-electron chi connectivity index (χ1n) is 9.20. The monoisotopic (exact) mass is 418 g/mol. The van der Waals surface area contributed by atoms with Gasteiger partial charge in [-0.1, -0.05) is 18.2 Å². The fourth-order valence-electron chi connectivity index (χ4n) is 3.37. The Morgan fingerprint density at radius 1 is 0.966 bits per heavy atom. The van der Waals surface area contributed by atoms with Crippen LogP contribution in [0, 0.1) is 11.6 Å². The fraction of sp³-hybridized carbons (Fsp3) is 0.250. The number of benzene rings is 2. The third-order valence-corrected chi connectivity index (χ3v) is 6.84. The van der Waals surface area contributed by atoms with E-state index in [9.17, 15) is 17.2 Å². The lowest BCUT2D eigenvalue weighted by atomic mass is 10.3. The summed E-state index contributed by atoms with van der Waals surface area (Å²) in [5.41, 5.74) is 1.99. The van der Waals surface area contributed by atoms with Crippen LogP contribution in [0.5, 0.6) is 0 Å². The van der Waals surface area contributed by atoms with Gasteiger partial charge in [-0.3, -0.25) is 4.90 Å². The Morgan fingerprint density at radius 2 is 1.69 bits per heavy atom. The van der Waals surface area contributed by atoms with E-state index < -0.39 is 26.6 Å². The van der Waals surface area contributed by atoms with E-state index in [1.54, 1.807) is 10.9 Å². The minimum atomic E-state index is -3.99. The maximum Gasteiger partial charge on any atom is 0.246 e. The lowest BCUT2D eigenvalue weighted by Gasteiger charge is -2.33. The number of hydrogen-bond acceptors (Lipinski definition) is 4. The van der Waals surface area contributed by atoms with Gasteiger partial charge in [0.1, 0.15) is 16.5 Å². The predicted octanol–water partition coefficient (Wildman–Crippen LogP) is 2.66. The molecule has 6 nitrogen and oxygen atoms in total. The number of hydrogen-bond donors (Lipinski definition) is 0. The Balaban J connectivity index is 1.39. The molecule has 0 bridgehead atoms. The van der Waals surface area contributed by atoms with Crippen LogP contribution >= 0.6 is 0 Å². The lowest BCUT2D eigenvalue weighted by molar-refractivity contribution is 0.181. The molecule has 1 aliphatic rings. The van der Waals surface area contributed by atoms with Gasteiger partial charge in [0.25, 0.3) is 0 Å². The third kappa shape index (κ3) is 4.21. The van der Waals surface area contributed by atoms with Gasteiger partial charge in [0, 0.05) is 50.6 Å². The summed E-state index contributed by atoms with van der Waals surface area (Å²) in [6.45, 7) is 2.15. The Kier molecular flexibility index (Phi) is 5.44. The molecule has 29 heavy (non-hydrogen) atoms. The van der Waals surface area contributed by atoms with Gasteiger partial charge in [0.2, 0.25) is 10.0 Å². The fourth-order valence-corrected chi connectivity index (χ4v) is 4.84. The topological polar surface area (TPSA) is 58.4 Å². The van der Waals surface area contributed by atoms with Crippen LogP contribution in [0.25, 0.3) is 5.69 Å². The highest BCUT2D eigenvalue weighted by molar-refractivity contribution is 7.89. The normalized spacial score (nSPS) is 16.2. The van der Waals surface area contributed by atoms with Crippen molar-refractivity contribution in [2.24, 2.45) is 0 Å². The highest BCUT2D eigenvalue weighted by Crippen LogP contribution is 2.22. The van der Waals surface area contributed by atoms with Crippen LogP contribution < -0.4 is 0 Å². The smallest absolute Gasteiger partial charge is 0.246 e. The average Bonchev–Trinajstić information content (AvgIpc) is 3.17. The zero-order valence-corrected chi connectivity index (χ0v) is 16.4. The van der Waals surface area contributed by atoms with E-state index in [1.807, 2.05) is 36.5 Å². The number of piperazine rings is 1. The molecule has 0 spiro atoms. The minimum Gasteiger partial charge on any atom is -0.296 e. The zero-order chi connectivity index (χ0) is 20.4. The summed E-state index contributed by atoms with van der Waals surface area (Å²) >= 11 is 0. The van der Waals surface area contributed by atoms with Crippen molar-refractivity contribution in [2.45, 2.75) is 11.4 Å². The van der Waals surface area contributed by atoms with Gasteiger partial charge in [-0.2, -0.15) is 9.40 Å². The summed E-state index contributed by atoms with van der Waals surface area (Å²) in [7, 11) is -3.99. The first-order valence-corrected chi connectivity index (χ1v) is 10.6. The highest BCUT2D eigenvalue weighted by atomic mass is 32.2. The van der Waals surface area contributed by atoms with Gasteiger partial charge in [-0.25, -0.2) is 21.9 Å². The molecule has 2 aromatic carbocycles. The SMILES string of the molecule is O=S(=O)(c1ccc(F)cc1F)N1CCN(Cc2cnn(-c3ccccc3)c2)CC1. The molecule has 0 amide bonds. The molecule has 1 fully saturated rings. The van der Waals surface area contributed by atoms with E-state index >= 15 is 0 Å². The van der Waals surface area contributed by atoms with Crippen molar-refractivity contribution >= 4 is 10.0 Å². The molecule has 0 radical (unpaired) electrons. The summed E-state index contributed by atoms with van der Waals surface area (Å²) in [6.07, 6.45) is 3.75. The molecule has 9 heteroatoms. The third-order valence-electron chi connectivity index (χ3n) is 4.91. The molecular formula is C20H20F2N4O2S. The van der Waals surface area contributed by atoms with Gasteiger partial charge in [-0.15, -0.1) is 0 Å². The van der Waals surface area contributed by atoms with Crippen molar-refractivity contribution < 1.29 is 17.2 Å². The van der Waals surface area contributed by atoms with Crippen LogP contribution in [-0.2, 0) is 16.6 Å². The Morgan fingerprint density at radius 3 is 2.38 bits per heavy atom. The maximum absolute atomic E-state index is 13.9. The second kappa shape index (κ2) is 8.02. The van der Waals surface area contributed by atoms with Gasteiger partial charge < -0.3 is 0 Å². The van der Waals surface area contributed by atoms with Crippen molar-refractivity contribution in [3.63, 3.8) is 0 Å². The van der Waals surface area contributed by atoms with Gasteiger partial charge in [-0.05, 0) is 24.3 Å². The van der Waals surface area contributed by atoms with Gasteiger partial charge >= 0.3 is 0 Å². The molecule has 2 heterocycles. The van der Waals surface area contributed by atoms with E-state index in [-0.39, 0.29) is 13.1 Å². The summed E-state index contributed by atoms with van der Waals surface area (Å²) < 4.78 is 55.4. The second-order valence-corrected chi connectivity index (χ2v) is 8.79. The summed E-state index contributed by atoms with van der Waals surface area (Å²) in [4.78, 5) is 1.64. The van der Waals surface area contributed by atoms with Crippen molar-refractivity contribution in [1.82, 2.24) is 19.0 Å². The quantitative estimate of drug-likeness (QED) is 0.639. The Labute approximate surface area is 168 Å². The van der Waals surface area contributed by atoms with Crippen molar-refractivity contribution in [3.05, 3.63) is 78.1 Å². The van der Waals surface area contributed by atoms with Gasteiger partial charge in [0.15, 0.2) is 0 Å². The minimum absolute atomic E-state index is 0.242. The van der Waals surface area contributed by atoms with E-state index in [0.717, 1.165) is 23.4 Å². The Bertz CT molecular complexity index is 1090. The van der Waals surface area contributed by atoms with Crippen molar-refractivity contribution in [1.29, 1.82) is 0 Å². The van der Waals surface area contributed by atoms with Crippen LogP contribution in [0.4, 0.5) is 8.78 Å². The number of sulfonamides is 1. The zero-order valence-electron chi connectivity index (χ0n) is 15.6. The van der Waals surface area contributed by atoms with Crippen LogP contribution in [-0.4, -0.2) is 53.6 Å². The maximum atomic E-state index is 13.9. The molecule has 1 aromatic heterocycles. The molecule has 0 atom stereocenters. The van der Waals surface area contributed by atoms with E-state index in [4.69, 9.17) is 0 Å². The first-order chi connectivity index (χ1) is 13.9. The molecule has 1 saturated heterocycles. The van der Waals surface area contributed by atoms with Crippen LogP contribution in [0.2, 0.25) is 0 Å². The predicted molar refractivity (Wildman–Crippen MR) is 104 cm³/mol. The van der Waals surface area contributed by atoms with Crippen LogP contribution in [0.3, 0.4) is 0 Å². The van der Waals surface area contributed by atoms with Crippen molar-refractivity contribution in [3.8, 4) is 5.69 Å². The first kappa shape index (κ1) is 19.7. The Hall–Kier alpha value is -2.62. The molecule has 4 rings (SSSR count). The van der Waals surface area contributed by atoms with E-state index in [0.29, 0.717) is 25.7 Å². The standard InChI is InChI=1S/C20H20F2N4O2S/c21-17-6-7-20(19(22)12-17)29(27,28)25-10-8-24(9-11-25)14-16-13-23-26(15-16)18-4-2-1-3-5-18/h1-7,12-13,15H,8-11,14H2. The van der Waals surface area contributed by atoms with Crippen LogP contribution in [0.15, 0.2) is 65.8 Å². The number of aromatic nitrogens is 2. The number of nitrogens with zero attached hydrogens (tertiary/aromatic N) is 4. The molecular weight excluding hydrogens is 398 g/mol. The molecule has 0 unspecified atom stereocenters. The molecule has 0 saturated carbocycles. The van der Waals surface area contributed by atoms with Crippen molar-refractivity contribution in [2.75, 3.05) is 26.2 Å². The summed E-state index contributed by atoms with van der Waals surface area (Å²) in [5.74, 6) is -1.87. The molecule has 152 valence electrons. The largest absolute Gasteiger partial charge is 0.296 e. The molecule has 3 aromatic rings. The molecule has 0 aliphatic carbocycles. The number of para-hydroxylation sites is 1. The number of rotatable bonds is 5. The van der Waals surface area contributed by atoms with E-state index in [1.165, 1.54) is 4.31 Å². The molecule has 1 aliphatic heterocycles. The van der Waals surface area contributed by atoms with Gasteiger partial charge in [0.05, 0.1) is 11.9 Å². The highest BCUT2D eigenvalue weighted by Gasteiger charge is 2.30. The van der Waals surface area contributed by atoms with Crippen LogP contribution in [0.1, 0.15) is 5.56 Å². The summed E-state index contributed by atoms with van der Waals surface area (Å²) in [5, 5.41) is 4.37. The second-order valence-electron chi connectivity index (χ2n) is 6.88. The number of halogens is 2. The lowest BCUT2D eigenvalue weighted by Crippen LogP contribution is -2.48. The average molecular weight is 418 g/mol. The summed E-state index contributed by atoms with van der Waals surface area (Å²) in [6, 6.07) is 12.3. The van der Waals surface area contributed by atoms with E-state index in [2.05, 4.69) is 10.00 Å².